The zero-order valence-electron chi connectivity index (χ0n) is 77.2. The van der Waals surface area contributed by atoms with Gasteiger partial charge in [-0.15, -0.1) is 127 Å². The van der Waals surface area contributed by atoms with Gasteiger partial charge in [0.2, 0.25) is 44.2 Å². The molecule has 8 aromatic heterocycles. The van der Waals surface area contributed by atoms with Crippen LogP contribution < -0.4 is 21.3 Å². The first-order valence-electron chi connectivity index (χ1n) is 47.1. The minimum absolute atomic E-state index is 0.00902. The second-order valence-electron chi connectivity index (χ2n) is 34.1. The van der Waals surface area contributed by atoms with Crippen molar-refractivity contribution in [2.45, 2.75) is 257 Å². The Morgan fingerprint density at radius 2 is 0.664 bits per heavy atom. The largest absolute Gasteiger partial charge is 0.453 e. The van der Waals surface area contributed by atoms with Crippen LogP contribution in [0, 0.1) is 11.8 Å². The molecule has 4 amide bonds. The number of Topliss-reactive ketones (excluding diaryl/α,β-unsaturated/α-hetero) is 4. The molecule has 2 saturated carbocycles. The van der Waals surface area contributed by atoms with Crippen molar-refractivity contribution >= 4 is 193 Å². The maximum Gasteiger partial charge on any atom is 0.339 e. The lowest BCUT2D eigenvalue weighted by atomic mass is 9.85. The molecule has 4 N–H and O–H groups in total. The number of nitrogens with one attached hydrogen (secondary N) is 4. The number of carbonyl (C=O) groups is 10. The Kier molecular flexibility index (Phi) is 40.8. The van der Waals surface area contributed by atoms with E-state index < -0.39 is 24.1 Å². The molecular weight excluding hydrogens is 1980 g/mol. The zero-order valence-corrected chi connectivity index (χ0v) is 85.2. The van der Waals surface area contributed by atoms with E-state index in [-0.39, 0.29) is 72.1 Å². The molecule has 2 unspecified atom stereocenters. The number of ketones is 4. The second kappa shape index (κ2) is 54.6. The number of rotatable bonds is 46. The molecule has 17 rings (SSSR count). The fourth-order valence-electron chi connectivity index (χ4n) is 16.1. The van der Waals surface area contributed by atoms with Crippen molar-refractivity contribution in [3.8, 4) is 0 Å². The molecule has 13 aromatic rings. The number of carbonyl (C=O) groups excluding carboxylic acids is 10. The van der Waals surface area contributed by atoms with Gasteiger partial charge in [0.05, 0.1) is 43.2 Å². The normalized spacial score (nSPS) is 14.3. The summed E-state index contributed by atoms with van der Waals surface area (Å²) in [5.74, 6) is -0.319. The SMILES string of the molecule is CC(=O)Nc1nnc(CCCCc2nnc(CC(=O)Cc3ccccc3)s2)s1.O=C(CCc1ccccc1Cl)Cc1nnc(CCCCc2nnc(NC(=O)CCc3ccccc3Cl)s2)s1.O=C(Cc1nnc(CCCCc2nnc(NC(=O)C3CCCCC3)s2)s1)C1CCCCC1.O=C(Cc1nnc(CCCCc2nnc(NC(=O)CC3OC(=O)c4ccccc43)s2)s1)CC1OC(=O)c2ccccc21. The van der Waals surface area contributed by atoms with Gasteiger partial charge in [-0.3, -0.25) is 38.4 Å². The average Bonchev–Trinajstić information content (AvgIpc) is 1.66. The van der Waals surface area contributed by atoms with Gasteiger partial charge < -0.3 is 30.7 Å². The van der Waals surface area contributed by atoms with Crippen LogP contribution in [0.1, 0.15) is 269 Å². The van der Waals surface area contributed by atoms with E-state index in [1.165, 1.54) is 112 Å². The summed E-state index contributed by atoms with van der Waals surface area (Å²) in [6, 6.07) is 39.0. The first kappa shape index (κ1) is 104. The number of nitrogens with zero attached hydrogens (tertiary/aromatic N) is 16. The number of aryl methyl sites for hydroxylation is 10. The maximum atomic E-state index is 12.6. The molecule has 0 radical (unpaired) electrons. The molecule has 2 fully saturated rings. The monoisotopic (exact) mass is 2080 g/mol. The topological polar surface area (TPSA) is 444 Å². The third-order valence-electron chi connectivity index (χ3n) is 23.2. The van der Waals surface area contributed by atoms with Crippen molar-refractivity contribution in [1.82, 2.24) is 81.6 Å². The number of halogens is 2. The van der Waals surface area contributed by atoms with Gasteiger partial charge in [-0.05, 0) is 131 Å². The number of cyclic esters (lactones) is 2. The molecule has 0 spiro atoms. The van der Waals surface area contributed by atoms with Crippen LogP contribution in [0.4, 0.5) is 20.5 Å². The van der Waals surface area contributed by atoms with Gasteiger partial charge in [-0.1, -0.05) is 210 Å². The standard InChI is InChI=1S/C29H25N5O6S2.C27H27Cl2N5O2S2.C23H33N5O2S2.C19H21N5O2S2/c35-16(13-21-17-7-1-3-9-19(17)27(37)39-21)14-26-33-31-24(41-26)11-5-6-12-25-32-34-29(42-25)30-23(36)15-22-18-8-2-4-10-20(18)28(38)40-22;28-21-9-3-1-7-18(21)13-15-20(35)17-26-33-31-24(37-26)11-5-6-12-25-32-34-27(38-25)30-23(36)16-14-19-8-2-4-10-22(19)29;29-18(16-9-3-1-4-10-16)15-21-27-25-19(31-21)13-7-8-14-20-26-28-23(32-20)24-22(30)17-11-5-2-6-12-17;1-13(25)20-19-24-22-17(28-19)10-6-5-9-16-21-23-18(27-16)12-15(26)11-14-7-3-2-4-8-14/h1-4,7-10,21-22H,5-6,11-15H2,(H,30,34,36);1-4,7-10H,5-6,11-17H2,(H,30,34,36);16-17H,1-15H2,(H,24,28,30);2-4,7-8H,5-6,9-12H2,1H3,(H,20,24,25). The molecule has 2 aliphatic heterocycles. The van der Waals surface area contributed by atoms with Gasteiger partial charge in [0.1, 0.15) is 95.4 Å². The first-order valence-corrected chi connectivity index (χ1v) is 54.3. The van der Waals surface area contributed by atoms with E-state index >= 15 is 0 Å². The highest BCUT2D eigenvalue weighted by Gasteiger charge is 2.35. The average molecular weight is 2080 g/mol. The third-order valence-corrected chi connectivity index (χ3v) is 31.5. The van der Waals surface area contributed by atoms with Crippen LogP contribution in [0.3, 0.4) is 0 Å². The van der Waals surface area contributed by atoms with Gasteiger partial charge in [-0.25, -0.2) is 9.59 Å². The van der Waals surface area contributed by atoms with Crippen molar-refractivity contribution < 1.29 is 57.4 Å². The summed E-state index contributed by atoms with van der Waals surface area (Å²) in [4.78, 5) is 122. The molecule has 2 aliphatic carbocycles. The number of amides is 4. The van der Waals surface area contributed by atoms with Gasteiger partial charge in [0, 0.05) is 117 Å². The van der Waals surface area contributed by atoms with E-state index in [0.29, 0.717) is 116 Å². The van der Waals surface area contributed by atoms with E-state index in [1.807, 2.05) is 97.1 Å². The molecule has 2 atom stereocenters. The Morgan fingerprint density at radius 3 is 1.11 bits per heavy atom. The molecule has 32 nitrogen and oxygen atoms in total. The van der Waals surface area contributed by atoms with Crippen LogP contribution in [-0.4, -0.2) is 140 Å². The molecular formula is C98H106Cl2N20O12S8. The van der Waals surface area contributed by atoms with Crippen molar-refractivity contribution in [3.63, 3.8) is 0 Å². The van der Waals surface area contributed by atoms with Crippen molar-refractivity contribution in [1.29, 1.82) is 0 Å². The van der Waals surface area contributed by atoms with Crippen LogP contribution in [0.2, 0.25) is 10.0 Å². The number of aromatic nitrogens is 16. The minimum atomic E-state index is -0.607. The fraction of sp³-hybridized carbons (Fsp3) is 0.429. The molecule has 4 aliphatic rings. The summed E-state index contributed by atoms with van der Waals surface area (Å²) in [7, 11) is 0. The van der Waals surface area contributed by atoms with Crippen molar-refractivity contribution in [3.05, 3.63) is 236 Å². The Bertz CT molecular complexity index is 6030. The Morgan fingerprint density at radius 1 is 0.321 bits per heavy atom. The first-order chi connectivity index (χ1) is 68.1. The second-order valence-corrected chi connectivity index (χ2v) is 43.8. The number of fused-ring (bicyclic) bond motifs is 2. The summed E-state index contributed by atoms with van der Waals surface area (Å²) in [5.41, 5.74) is 5.43. The van der Waals surface area contributed by atoms with E-state index in [4.69, 9.17) is 32.7 Å². The maximum absolute atomic E-state index is 12.6. The van der Waals surface area contributed by atoms with Gasteiger partial charge in [-0.2, -0.15) is 0 Å². The smallest absolute Gasteiger partial charge is 0.339 e. The quantitative estimate of drug-likeness (QED) is 0.0203. The highest BCUT2D eigenvalue weighted by atomic mass is 35.5. The van der Waals surface area contributed by atoms with Gasteiger partial charge in [0.15, 0.2) is 0 Å². The molecule has 140 heavy (non-hydrogen) atoms. The summed E-state index contributed by atoms with van der Waals surface area (Å²) >= 11 is 23.9. The predicted molar refractivity (Wildman–Crippen MR) is 542 cm³/mol. The van der Waals surface area contributed by atoms with E-state index in [1.54, 1.807) is 41.7 Å². The highest BCUT2D eigenvalue weighted by molar-refractivity contribution is 7.16. The van der Waals surface area contributed by atoms with E-state index in [9.17, 15) is 47.9 Å². The lowest BCUT2D eigenvalue weighted by molar-refractivity contribution is -0.123. The molecule has 732 valence electrons. The number of ether oxygens (including phenoxy) is 2. The molecule has 42 heteroatoms. The Hall–Kier alpha value is -11.3. The third kappa shape index (κ3) is 34.0. The summed E-state index contributed by atoms with van der Waals surface area (Å²) in [5, 5.41) is 91.5. The van der Waals surface area contributed by atoms with E-state index in [2.05, 4.69) is 103 Å². The Labute approximate surface area is 851 Å². The van der Waals surface area contributed by atoms with Crippen LogP contribution >= 0.6 is 114 Å². The van der Waals surface area contributed by atoms with E-state index in [0.717, 1.165) is 212 Å². The zero-order chi connectivity index (χ0) is 97.7. The molecule has 0 bridgehead atoms. The van der Waals surface area contributed by atoms with Crippen LogP contribution in [-0.2, 0) is 144 Å². The number of anilines is 4. The van der Waals surface area contributed by atoms with Crippen LogP contribution in [0.5, 0.6) is 0 Å². The van der Waals surface area contributed by atoms with Crippen LogP contribution in [0.15, 0.2) is 127 Å². The number of hydrogen-bond donors (Lipinski definition) is 4. The summed E-state index contributed by atoms with van der Waals surface area (Å²) in [6.45, 7) is 1.45. The lowest BCUT2D eigenvalue weighted by Gasteiger charge is -2.19. The minimum Gasteiger partial charge on any atom is -0.453 e. The molecule has 10 heterocycles. The van der Waals surface area contributed by atoms with Crippen molar-refractivity contribution in [2.24, 2.45) is 11.8 Å². The van der Waals surface area contributed by atoms with Gasteiger partial charge >= 0.3 is 11.9 Å². The number of hydrogen-bond acceptors (Lipinski definition) is 36. The van der Waals surface area contributed by atoms with Crippen LogP contribution in [0.25, 0.3) is 0 Å². The lowest BCUT2D eigenvalue weighted by Crippen LogP contribution is -2.24. The fourth-order valence-corrected chi connectivity index (χ4v) is 23.4. The number of unbranched alkanes of at least 4 members (excludes halogenated alkanes) is 4. The Balaban J connectivity index is 0.000000150. The number of benzene rings is 5. The molecule has 5 aromatic carbocycles. The predicted octanol–water partition coefficient (Wildman–Crippen LogP) is 19.6. The number of esters is 2. The van der Waals surface area contributed by atoms with Crippen molar-refractivity contribution in [2.75, 3.05) is 21.3 Å². The highest BCUT2D eigenvalue weighted by Crippen LogP contribution is 2.37. The summed E-state index contributed by atoms with van der Waals surface area (Å²) < 4.78 is 10.7. The summed E-state index contributed by atoms with van der Waals surface area (Å²) in [6.07, 6.45) is 27.6. The molecule has 0 saturated heterocycles. The van der Waals surface area contributed by atoms with Gasteiger partial charge in [0.25, 0.3) is 0 Å².